The third-order valence-electron chi connectivity index (χ3n) is 2.32. The lowest BCUT2D eigenvalue weighted by Crippen LogP contribution is -2.50. The van der Waals surface area contributed by atoms with Crippen molar-refractivity contribution in [2.75, 3.05) is 19.8 Å². The van der Waals surface area contributed by atoms with E-state index in [0.717, 1.165) is 13.0 Å². The number of hydrogen-bond donors (Lipinski definition) is 0. The molecule has 0 aromatic carbocycles. The van der Waals surface area contributed by atoms with Crippen LogP contribution in [0.25, 0.3) is 0 Å². The van der Waals surface area contributed by atoms with Crippen molar-refractivity contribution in [3.63, 3.8) is 0 Å². The first-order chi connectivity index (χ1) is 6.16. The van der Waals surface area contributed by atoms with Crippen LogP contribution in [0, 0.1) is 0 Å². The van der Waals surface area contributed by atoms with Gasteiger partial charge in [0.15, 0.2) is 0 Å². The van der Waals surface area contributed by atoms with Gasteiger partial charge >= 0.3 is 0 Å². The van der Waals surface area contributed by atoms with Crippen molar-refractivity contribution in [2.45, 2.75) is 31.1 Å². The average Bonchev–Trinajstić information content (AvgIpc) is 2.16. The molecule has 1 rings (SSSR count). The molecule has 0 bridgehead atoms. The number of hydrogen-bond acceptors (Lipinski definition) is 2. The minimum absolute atomic E-state index is 0.0837. The number of morpholine rings is 1. The van der Waals surface area contributed by atoms with Crippen LogP contribution in [-0.4, -0.2) is 41.4 Å². The number of ether oxygens (including phenoxy) is 1. The van der Waals surface area contributed by atoms with Crippen LogP contribution >= 0.6 is 15.9 Å². The van der Waals surface area contributed by atoms with E-state index in [1.165, 1.54) is 0 Å². The van der Waals surface area contributed by atoms with Crippen LogP contribution in [-0.2, 0) is 9.53 Å². The van der Waals surface area contributed by atoms with Gasteiger partial charge in [0, 0.05) is 6.54 Å². The lowest BCUT2D eigenvalue weighted by atomic mass is 10.1. The summed E-state index contributed by atoms with van der Waals surface area (Å²) < 4.78 is 5.32. The maximum absolute atomic E-state index is 11.7. The van der Waals surface area contributed by atoms with Crippen molar-refractivity contribution < 1.29 is 9.53 Å². The van der Waals surface area contributed by atoms with E-state index >= 15 is 0 Å². The number of alkyl halides is 1. The van der Waals surface area contributed by atoms with Crippen LogP contribution in [0.4, 0.5) is 0 Å². The summed E-state index contributed by atoms with van der Waals surface area (Å²) in [7, 11) is 0. The fraction of sp³-hybridized carbons (Fsp3) is 0.889. The summed E-state index contributed by atoms with van der Waals surface area (Å²) >= 11 is 3.30. The second-order valence-corrected chi connectivity index (χ2v) is 4.66. The lowest BCUT2D eigenvalue weighted by molar-refractivity contribution is -0.138. The smallest absolute Gasteiger partial charge is 0.236 e. The normalized spacial score (nSPS) is 25.8. The van der Waals surface area contributed by atoms with Crippen LogP contribution in [0.2, 0.25) is 0 Å². The topological polar surface area (TPSA) is 29.5 Å². The van der Waals surface area contributed by atoms with Crippen molar-refractivity contribution in [1.29, 1.82) is 0 Å². The zero-order chi connectivity index (χ0) is 9.84. The van der Waals surface area contributed by atoms with E-state index < -0.39 is 0 Å². The molecule has 1 aliphatic heterocycles. The van der Waals surface area contributed by atoms with E-state index in [1.54, 1.807) is 0 Å². The third-order valence-corrected chi connectivity index (χ3v) is 2.71. The molecule has 2 unspecified atom stereocenters. The number of amides is 1. The van der Waals surface area contributed by atoms with Crippen LogP contribution in [0.15, 0.2) is 0 Å². The van der Waals surface area contributed by atoms with E-state index in [4.69, 9.17) is 4.74 Å². The quantitative estimate of drug-likeness (QED) is 0.693. The summed E-state index contributed by atoms with van der Waals surface area (Å²) in [6, 6.07) is 0.265. The summed E-state index contributed by atoms with van der Waals surface area (Å²) in [6.07, 6.45) is 0.964. The van der Waals surface area contributed by atoms with E-state index in [-0.39, 0.29) is 16.8 Å². The lowest BCUT2D eigenvalue weighted by Gasteiger charge is -2.35. The number of rotatable bonds is 2. The first-order valence-corrected chi connectivity index (χ1v) is 5.60. The van der Waals surface area contributed by atoms with Gasteiger partial charge in [0.2, 0.25) is 5.91 Å². The van der Waals surface area contributed by atoms with Gasteiger partial charge < -0.3 is 9.64 Å². The van der Waals surface area contributed by atoms with Gasteiger partial charge in [-0.1, -0.05) is 22.9 Å². The molecule has 0 aromatic rings. The Bertz CT molecular complexity index is 184. The van der Waals surface area contributed by atoms with Crippen molar-refractivity contribution in [2.24, 2.45) is 0 Å². The first-order valence-electron chi connectivity index (χ1n) is 4.69. The van der Waals surface area contributed by atoms with Crippen molar-refractivity contribution in [3.05, 3.63) is 0 Å². The highest BCUT2D eigenvalue weighted by Gasteiger charge is 2.27. The Hall–Kier alpha value is -0.0900. The zero-order valence-electron chi connectivity index (χ0n) is 8.12. The summed E-state index contributed by atoms with van der Waals surface area (Å²) in [6.45, 7) is 6.03. The molecule has 1 heterocycles. The standard InChI is InChI=1S/C9H16BrNO2/c1-3-8-6-13-5-4-11(8)9(12)7(2)10/h7-8H,3-6H2,1-2H3. The number of halogens is 1. The molecular formula is C9H16BrNO2. The molecule has 13 heavy (non-hydrogen) atoms. The van der Waals surface area contributed by atoms with Gasteiger partial charge in [-0.2, -0.15) is 0 Å². The molecule has 1 saturated heterocycles. The highest BCUT2D eigenvalue weighted by Crippen LogP contribution is 2.14. The fourth-order valence-corrected chi connectivity index (χ4v) is 1.77. The van der Waals surface area contributed by atoms with E-state index in [1.807, 2.05) is 11.8 Å². The van der Waals surface area contributed by atoms with Crippen LogP contribution in [0.5, 0.6) is 0 Å². The predicted octanol–water partition coefficient (Wildman–Crippen LogP) is 1.41. The molecule has 1 aliphatic rings. The molecule has 2 atom stereocenters. The van der Waals surface area contributed by atoms with Gasteiger partial charge in [-0.25, -0.2) is 0 Å². The predicted molar refractivity (Wildman–Crippen MR) is 55.0 cm³/mol. The summed E-state index contributed by atoms with van der Waals surface area (Å²) in [5.41, 5.74) is 0. The minimum atomic E-state index is -0.0837. The summed E-state index contributed by atoms with van der Waals surface area (Å²) in [5, 5.41) is 0. The second kappa shape index (κ2) is 4.96. The Labute approximate surface area is 87.6 Å². The maximum Gasteiger partial charge on any atom is 0.236 e. The van der Waals surface area contributed by atoms with Crippen molar-refractivity contribution in [3.8, 4) is 0 Å². The number of nitrogens with zero attached hydrogens (tertiary/aromatic N) is 1. The van der Waals surface area contributed by atoms with E-state index in [2.05, 4.69) is 22.9 Å². The fourth-order valence-electron chi connectivity index (χ4n) is 1.51. The Morgan fingerprint density at radius 1 is 1.77 bits per heavy atom. The van der Waals surface area contributed by atoms with Gasteiger partial charge in [-0.3, -0.25) is 4.79 Å². The van der Waals surface area contributed by atoms with Gasteiger partial charge in [-0.15, -0.1) is 0 Å². The van der Waals surface area contributed by atoms with E-state index in [9.17, 15) is 4.79 Å². The number of carbonyl (C=O) groups excluding carboxylic acids is 1. The van der Waals surface area contributed by atoms with Gasteiger partial charge in [0.05, 0.1) is 24.1 Å². The molecule has 0 aromatic heterocycles. The summed E-state index contributed by atoms with van der Waals surface area (Å²) in [4.78, 5) is 13.5. The molecule has 1 fully saturated rings. The highest BCUT2D eigenvalue weighted by atomic mass is 79.9. The van der Waals surface area contributed by atoms with E-state index in [0.29, 0.717) is 13.2 Å². The van der Waals surface area contributed by atoms with Crippen molar-refractivity contribution >= 4 is 21.8 Å². The number of carbonyl (C=O) groups is 1. The Morgan fingerprint density at radius 3 is 3.00 bits per heavy atom. The largest absolute Gasteiger partial charge is 0.377 e. The van der Waals surface area contributed by atoms with Gasteiger partial charge in [-0.05, 0) is 13.3 Å². The molecule has 0 N–H and O–H groups in total. The molecule has 4 heteroatoms. The Morgan fingerprint density at radius 2 is 2.46 bits per heavy atom. The van der Waals surface area contributed by atoms with Crippen molar-refractivity contribution in [1.82, 2.24) is 4.90 Å². The molecule has 76 valence electrons. The minimum Gasteiger partial charge on any atom is -0.377 e. The molecule has 1 amide bonds. The Balaban J connectivity index is 2.58. The van der Waals surface area contributed by atoms with Crippen LogP contribution < -0.4 is 0 Å². The third kappa shape index (κ3) is 2.68. The molecule has 0 saturated carbocycles. The molecular weight excluding hydrogens is 234 g/mol. The zero-order valence-corrected chi connectivity index (χ0v) is 9.71. The van der Waals surface area contributed by atoms with Gasteiger partial charge in [0.25, 0.3) is 0 Å². The molecule has 0 aliphatic carbocycles. The van der Waals surface area contributed by atoms with Crippen LogP contribution in [0.3, 0.4) is 0 Å². The summed E-state index contributed by atoms with van der Waals surface area (Å²) in [5.74, 6) is 0.176. The SMILES string of the molecule is CCC1COCCN1C(=O)C(C)Br. The highest BCUT2D eigenvalue weighted by molar-refractivity contribution is 9.10. The first kappa shape index (κ1) is 11.0. The maximum atomic E-state index is 11.7. The average molecular weight is 250 g/mol. The molecule has 0 radical (unpaired) electrons. The second-order valence-electron chi connectivity index (χ2n) is 3.28. The molecule has 3 nitrogen and oxygen atoms in total. The molecule has 0 spiro atoms. The van der Waals surface area contributed by atoms with Crippen LogP contribution in [0.1, 0.15) is 20.3 Å². The monoisotopic (exact) mass is 249 g/mol. The van der Waals surface area contributed by atoms with Gasteiger partial charge in [0.1, 0.15) is 0 Å². The Kier molecular flexibility index (Phi) is 4.19.